The fourth-order valence-electron chi connectivity index (χ4n) is 1.49. The second-order valence-corrected chi connectivity index (χ2v) is 3.07. The minimum Gasteiger partial charge on any atom is -0.618 e. The molecule has 0 bridgehead atoms. The molecule has 66 valence electrons. The van der Waals surface area contributed by atoms with Crippen LogP contribution in [0.5, 0.6) is 0 Å². The van der Waals surface area contributed by atoms with E-state index in [1.54, 1.807) is 6.07 Å². The smallest absolute Gasteiger partial charge is 0.228 e. The van der Waals surface area contributed by atoms with Crippen LogP contribution in [0.3, 0.4) is 0 Å². The number of rotatable bonds is 0. The molecule has 1 heterocycles. The maximum absolute atomic E-state index is 11.4. The van der Waals surface area contributed by atoms with Crippen molar-refractivity contribution in [2.75, 3.05) is 5.73 Å². The predicted octanol–water partition coefficient (Wildman–Crippen LogP) is 1.36. The molecule has 0 atom stereocenters. The third kappa shape index (κ3) is 1.09. The Kier molecular flexibility index (Phi) is 1.59. The molecule has 2 aromatic rings. The van der Waals surface area contributed by atoms with Crippen LogP contribution in [0.25, 0.3) is 10.9 Å². The summed E-state index contributed by atoms with van der Waals surface area (Å²) < 4.78 is 0.848. The lowest BCUT2D eigenvalue weighted by atomic mass is 10.1. The molecule has 0 fully saturated rings. The molecule has 1 aromatic heterocycles. The van der Waals surface area contributed by atoms with E-state index in [9.17, 15) is 5.21 Å². The van der Waals surface area contributed by atoms with E-state index in [2.05, 4.69) is 0 Å². The molecule has 0 amide bonds. The Morgan fingerprint density at radius 1 is 1.31 bits per heavy atom. The molecule has 2 rings (SSSR count). The largest absolute Gasteiger partial charge is 0.618 e. The van der Waals surface area contributed by atoms with Gasteiger partial charge < -0.3 is 10.9 Å². The highest BCUT2D eigenvalue weighted by molar-refractivity contribution is 5.90. The predicted molar refractivity (Wildman–Crippen MR) is 52.1 cm³/mol. The molecule has 0 saturated carbocycles. The van der Waals surface area contributed by atoms with E-state index in [0.717, 1.165) is 15.7 Å². The lowest BCUT2D eigenvalue weighted by Gasteiger charge is -2.05. The number of nitrogens with two attached hydrogens (primary N) is 1. The molecule has 0 aliphatic heterocycles. The molecule has 0 unspecified atom stereocenters. The van der Waals surface area contributed by atoms with E-state index in [1.807, 2.05) is 25.1 Å². The van der Waals surface area contributed by atoms with Crippen LogP contribution < -0.4 is 10.5 Å². The number of nitrogen functional groups attached to an aromatic ring is 1. The van der Waals surface area contributed by atoms with Gasteiger partial charge in [0.05, 0.1) is 5.39 Å². The average Bonchev–Trinajstić information content (AvgIpc) is 2.12. The lowest BCUT2D eigenvalue weighted by Crippen LogP contribution is -2.26. The van der Waals surface area contributed by atoms with Crippen LogP contribution in [0.4, 0.5) is 5.69 Å². The zero-order chi connectivity index (χ0) is 9.42. The summed E-state index contributed by atoms with van der Waals surface area (Å²) in [6, 6.07) is 7.22. The zero-order valence-electron chi connectivity index (χ0n) is 7.32. The summed E-state index contributed by atoms with van der Waals surface area (Å²) in [5.74, 6) is 0. The summed E-state index contributed by atoms with van der Waals surface area (Å²) in [6.07, 6.45) is 1.48. The Morgan fingerprint density at radius 2 is 2.08 bits per heavy atom. The maximum Gasteiger partial charge on any atom is 0.228 e. The number of fused-ring (bicyclic) bond motifs is 1. The van der Waals surface area contributed by atoms with Gasteiger partial charge in [-0.25, -0.2) is 0 Å². The fraction of sp³-hybridized carbons (Fsp3) is 0.100. The van der Waals surface area contributed by atoms with Gasteiger partial charge in [-0.15, -0.1) is 0 Å². The van der Waals surface area contributed by atoms with Gasteiger partial charge in [0.25, 0.3) is 0 Å². The molecule has 0 aliphatic carbocycles. The van der Waals surface area contributed by atoms with Crippen LogP contribution in [0.1, 0.15) is 5.56 Å². The summed E-state index contributed by atoms with van der Waals surface area (Å²) in [6.45, 7) is 1.90. The van der Waals surface area contributed by atoms with Gasteiger partial charge in [-0.2, -0.15) is 4.73 Å². The van der Waals surface area contributed by atoms with Crippen molar-refractivity contribution < 1.29 is 4.73 Å². The number of aryl methyl sites for hydroxylation is 1. The Hall–Kier alpha value is -1.77. The number of nitrogens with zero attached hydrogens (tertiary/aromatic N) is 1. The quantitative estimate of drug-likeness (QED) is 0.372. The standard InChI is InChI=1S/C10H10N2O/c1-7-4-5-9(11)8-3-2-6-12(13)10(7)8/h2-6H,11H2,1H3. The number of benzene rings is 1. The van der Waals surface area contributed by atoms with Crippen molar-refractivity contribution in [2.24, 2.45) is 0 Å². The van der Waals surface area contributed by atoms with Crippen molar-refractivity contribution in [1.82, 2.24) is 0 Å². The number of aromatic nitrogens is 1. The van der Waals surface area contributed by atoms with Gasteiger partial charge in [0, 0.05) is 17.3 Å². The van der Waals surface area contributed by atoms with Gasteiger partial charge in [0.2, 0.25) is 5.52 Å². The number of anilines is 1. The molecular formula is C10H10N2O. The first-order valence-corrected chi connectivity index (χ1v) is 4.07. The minimum absolute atomic E-state index is 0.644. The molecule has 0 radical (unpaired) electrons. The molecule has 13 heavy (non-hydrogen) atoms. The van der Waals surface area contributed by atoms with Crippen molar-refractivity contribution in [1.29, 1.82) is 0 Å². The van der Waals surface area contributed by atoms with Crippen LogP contribution in [-0.4, -0.2) is 0 Å². The van der Waals surface area contributed by atoms with Crippen LogP contribution in [0.2, 0.25) is 0 Å². The Balaban J connectivity index is 3.00. The molecule has 0 spiro atoms. The maximum atomic E-state index is 11.4. The second-order valence-electron chi connectivity index (χ2n) is 3.07. The van der Waals surface area contributed by atoms with Crippen LogP contribution in [0, 0.1) is 12.1 Å². The topological polar surface area (TPSA) is 53.0 Å². The molecule has 1 aromatic carbocycles. The SMILES string of the molecule is Cc1ccc(N)c2ccc[n+]([O-])c12. The van der Waals surface area contributed by atoms with Gasteiger partial charge >= 0.3 is 0 Å². The van der Waals surface area contributed by atoms with Gasteiger partial charge in [0.1, 0.15) is 0 Å². The van der Waals surface area contributed by atoms with Crippen LogP contribution in [-0.2, 0) is 0 Å². The number of hydrogen-bond acceptors (Lipinski definition) is 2. The monoisotopic (exact) mass is 174 g/mol. The van der Waals surface area contributed by atoms with Crippen molar-refractivity contribution in [3.63, 3.8) is 0 Å². The number of hydrogen-bond donors (Lipinski definition) is 1. The third-order valence-corrected chi connectivity index (χ3v) is 2.16. The summed E-state index contributed by atoms with van der Waals surface area (Å²) in [4.78, 5) is 0. The van der Waals surface area contributed by atoms with Crippen molar-refractivity contribution in [3.8, 4) is 0 Å². The third-order valence-electron chi connectivity index (χ3n) is 2.16. The van der Waals surface area contributed by atoms with E-state index in [-0.39, 0.29) is 0 Å². The first kappa shape index (κ1) is 7.86. The van der Waals surface area contributed by atoms with E-state index in [0.29, 0.717) is 11.2 Å². The normalized spacial score (nSPS) is 10.5. The Morgan fingerprint density at radius 3 is 2.77 bits per heavy atom. The summed E-state index contributed by atoms with van der Waals surface area (Å²) in [7, 11) is 0. The fourth-order valence-corrected chi connectivity index (χ4v) is 1.49. The van der Waals surface area contributed by atoms with E-state index in [1.165, 1.54) is 6.20 Å². The minimum atomic E-state index is 0.644. The van der Waals surface area contributed by atoms with Gasteiger partial charge in [-0.05, 0) is 19.1 Å². The van der Waals surface area contributed by atoms with Crippen molar-refractivity contribution in [2.45, 2.75) is 6.92 Å². The highest BCUT2D eigenvalue weighted by Gasteiger charge is 2.08. The molecule has 2 N–H and O–H groups in total. The summed E-state index contributed by atoms with van der Waals surface area (Å²) >= 11 is 0. The molecule has 0 saturated heterocycles. The molecular weight excluding hydrogens is 164 g/mol. The molecule has 3 nitrogen and oxygen atoms in total. The number of pyridine rings is 1. The first-order valence-electron chi connectivity index (χ1n) is 4.07. The van der Waals surface area contributed by atoms with Gasteiger partial charge in [0.15, 0.2) is 6.20 Å². The first-order chi connectivity index (χ1) is 6.20. The van der Waals surface area contributed by atoms with Gasteiger partial charge in [-0.3, -0.25) is 0 Å². The zero-order valence-corrected chi connectivity index (χ0v) is 7.32. The van der Waals surface area contributed by atoms with E-state index in [4.69, 9.17) is 5.73 Å². The second kappa shape index (κ2) is 2.62. The van der Waals surface area contributed by atoms with Crippen molar-refractivity contribution in [3.05, 3.63) is 41.2 Å². The van der Waals surface area contributed by atoms with Crippen LogP contribution >= 0.6 is 0 Å². The Labute approximate surface area is 76.0 Å². The highest BCUT2D eigenvalue weighted by atomic mass is 16.5. The van der Waals surface area contributed by atoms with E-state index < -0.39 is 0 Å². The van der Waals surface area contributed by atoms with Crippen LogP contribution in [0.15, 0.2) is 30.5 Å². The molecule has 3 heteroatoms. The molecule has 0 aliphatic rings. The summed E-state index contributed by atoms with van der Waals surface area (Å²) in [5, 5.41) is 12.2. The average molecular weight is 174 g/mol. The highest BCUT2D eigenvalue weighted by Crippen LogP contribution is 2.20. The van der Waals surface area contributed by atoms with Crippen molar-refractivity contribution >= 4 is 16.6 Å². The van der Waals surface area contributed by atoms with E-state index >= 15 is 0 Å². The Bertz CT molecular complexity index is 457. The summed E-state index contributed by atoms with van der Waals surface area (Å²) in [5.41, 5.74) is 7.99. The lowest BCUT2D eigenvalue weighted by molar-refractivity contribution is -0.577. The van der Waals surface area contributed by atoms with Gasteiger partial charge in [-0.1, -0.05) is 6.07 Å².